The van der Waals surface area contributed by atoms with Gasteiger partial charge in [0.25, 0.3) is 0 Å². The van der Waals surface area contributed by atoms with Crippen molar-refractivity contribution in [2.45, 2.75) is 31.6 Å². The lowest BCUT2D eigenvalue weighted by atomic mass is 9.97. The lowest BCUT2D eigenvalue weighted by Crippen LogP contribution is -2.40. The smallest absolute Gasteiger partial charge is 0.237 e. The van der Waals surface area contributed by atoms with Gasteiger partial charge in [-0.25, -0.2) is 4.98 Å². The summed E-state index contributed by atoms with van der Waals surface area (Å²) in [4.78, 5) is 18.6. The van der Waals surface area contributed by atoms with E-state index < -0.39 is 5.38 Å². The molecular formula is C19H25ClN4O2S. The molecule has 1 saturated heterocycles. The second kappa shape index (κ2) is 9.37. The molecule has 1 atom stereocenters. The Hall–Kier alpha value is -1.86. The van der Waals surface area contributed by atoms with Crippen molar-refractivity contribution in [2.75, 3.05) is 31.6 Å². The zero-order valence-corrected chi connectivity index (χ0v) is 17.2. The highest BCUT2D eigenvalue weighted by Crippen LogP contribution is 2.25. The molecule has 2 aromatic rings. The number of rotatable bonds is 7. The molecule has 0 unspecified atom stereocenters. The maximum absolute atomic E-state index is 11.6. The van der Waals surface area contributed by atoms with Gasteiger partial charge >= 0.3 is 0 Å². The summed E-state index contributed by atoms with van der Waals surface area (Å²) in [5.74, 6) is 2.09. The maximum atomic E-state index is 11.6. The Morgan fingerprint density at radius 2 is 2.22 bits per heavy atom. The van der Waals surface area contributed by atoms with Gasteiger partial charge in [0.2, 0.25) is 11.0 Å². The van der Waals surface area contributed by atoms with Crippen molar-refractivity contribution in [1.82, 2.24) is 14.7 Å². The van der Waals surface area contributed by atoms with Gasteiger partial charge in [0.05, 0.1) is 7.11 Å². The molecule has 146 valence electrons. The summed E-state index contributed by atoms with van der Waals surface area (Å²) in [5.41, 5.74) is 1.14. The van der Waals surface area contributed by atoms with Crippen molar-refractivity contribution >= 4 is 34.2 Å². The van der Waals surface area contributed by atoms with Crippen LogP contribution in [0.3, 0.4) is 0 Å². The number of hydrogen-bond acceptors (Lipinski definition) is 6. The molecule has 27 heavy (non-hydrogen) atoms. The van der Waals surface area contributed by atoms with Gasteiger partial charge in [-0.2, -0.15) is 4.37 Å². The first-order valence-electron chi connectivity index (χ1n) is 9.17. The average Bonchev–Trinajstić information content (AvgIpc) is 3.15. The zero-order valence-electron chi connectivity index (χ0n) is 15.7. The van der Waals surface area contributed by atoms with E-state index in [-0.39, 0.29) is 5.91 Å². The predicted octanol–water partition coefficient (Wildman–Crippen LogP) is 3.10. The van der Waals surface area contributed by atoms with Crippen LogP contribution in [0.2, 0.25) is 0 Å². The van der Waals surface area contributed by atoms with Crippen LogP contribution in [0.4, 0.5) is 5.13 Å². The number of halogens is 1. The molecule has 6 nitrogen and oxygen atoms in total. The van der Waals surface area contributed by atoms with Gasteiger partial charge in [0.15, 0.2) is 0 Å². The van der Waals surface area contributed by atoms with Gasteiger partial charge in [0.1, 0.15) is 17.0 Å². The minimum Gasteiger partial charge on any atom is -0.497 e. The second-order valence-electron chi connectivity index (χ2n) is 6.81. The van der Waals surface area contributed by atoms with Gasteiger partial charge in [-0.05, 0) is 43.4 Å². The molecule has 0 radical (unpaired) electrons. The number of amides is 1. The summed E-state index contributed by atoms with van der Waals surface area (Å²) in [7, 11) is 1.67. The second-order valence-corrected chi connectivity index (χ2v) is 8.20. The van der Waals surface area contributed by atoms with E-state index in [4.69, 9.17) is 21.3 Å². The molecule has 1 fully saturated rings. The summed E-state index contributed by atoms with van der Waals surface area (Å²) in [6, 6.07) is 7.99. The van der Waals surface area contributed by atoms with Gasteiger partial charge in [-0.1, -0.05) is 12.1 Å². The van der Waals surface area contributed by atoms with Crippen LogP contribution in [0, 0.1) is 5.92 Å². The number of ether oxygens (including phenoxy) is 1. The van der Waals surface area contributed by atoms with E-state index in [1.165, 1.54) is 11.5 Å². The van der Waals surface area contributed by atoms with Crippen LogP contribution in [-0.4, -0.2) is 47.4 Å². The number of aromatic nitrogens is 2. The van der Waals surface area contributed by atoms with Gasteiger partial charge in [-0.15, -0.1) is 11.6 Å². The molecule has 1 aromatic heterocycles. The highest BCUT2D eigenvalue weighted by molar-refractivity contribution is 7.09. The third-order valence-corrected chi connectivity index (χ3v) is 5.78. The van der Waals surface area contributed by atoms with Crippen molar-refractivity contribution < 1.29 is 9.53 Å². The SMILES string of the molecule is COc1cccc(Cc2nsc(N3CCC(CNC(=O)[C@@H](C)Cl)CC3)n2)c1. The van der Waals surface area contributed by atoms with E-state index in [2.05, 4.69) is 20.7 Å². The fourth-order valence-electron chi connectivity index (χ4n) is 3.12. The number of nitrogens with zero attached hydrogens (tertiary/aromatic N) is 3. The highest BCUT2D eigenvalue weighted by Gasteiger charge is 2.22. The average molecular weight is 409 g/mol. The molecule has 8 heteroatoms. The number of benzene rings is 1. The van der Waals surface area contributed by atoms with E-state index in [1.54, 1.807) is 14.0 Å². The lowest BCUT2D eigenvalue weighted by Gasteiger charge is -2.31. The van der Waals surface area contributed by atoms with E-state index >= 15 is 0 Å². The summed E-state index contributed by atoms with van der Waals surface area (Å²) < 4.78 is 9.79. The van der Waals surface area contributed by atoms with Gasteiger partial charge in [0, 0.05) is 37.6 Å². The van der Waals surface area contributed by atoms with Crippen molar-refractivity contribution in [3.8, 4) is 5.75 Å². The highest BCUT2D eigenvalue weighted by atomic mass is 35.5. The summed E-state index contributed by atoms with van der Waals surface area (Å²) in [6.07, 6.45) is 2.76. The predicted molar refractivity (Wildman–Crippen MR) is 109 cm³/mol. The lowest BCUT2D eigenvalue weighted by molar-refractivity contribution is -0.120. The Morgan fingerprint density at radius 1 is 1.44 bits per heavy atom. The quantitative estimate of drug-likeness (QED) is 0.713. The number of anilines is 1. The number of carbonyl (C=O) groups excluding carboxylic acids is 1. The Balaban J connectivity index is 1.50. The first kappa shape index (κ1) is 19.9. The normalized spacial score (nSPS) is 16.2. The maximum Gasteiger partial charge on any atom is 0.237 e. The third kappa shape index (κ3) is 5.56. The van der Waals surface area contributed by atoms with Gasteiger partial charge in [-0.3, -0.25) is 4.79 Å². The van der Waals surface area contributed by atoms with Crippen LogP contribution in [0.5, 0.6) is 5.75 Å². The molecule has 3 rings (SSSR count). The van der Waals surface area contributed by atoms with Crippen LogP contribution in [-0.2, 0) is 11.2 Å². The number of piperidine rings is 1. The monoisotopic (exact) mass is 408 g/mol. The molecule has 0 spiro atoms. The molecule has 1 aliphatic rings. The van der Waals surface area contributed by atoms with Crippen molar-refractivity contribution in [2.24, 2.45) is 5.92 Å². The van der Waals surface area contributed by atoms with Gasteiger partial charge < -0.3 is 15.0 Å². The van der Waals surface area contributed by atoms with Crippen LogP contribution in [0.15, 0.2) is 24.3 Å². The van der Waals surface area contributed by atoms with Crippen molar-refractivity contribution in [3.63, 3.8) is 0 Å². The molecule has 0 bridgehead atoms. The number of hydrogen-bond donors (Lipinski definition) is 1. The summed E-state index contributed by atoms with van der Waals surface area (Å²) in [5, 5.41) is 3.42. The zero-order chi connectivity index (χ0) is 19.2. The van der Waals surface area contributed by atoms with Crippen LogP contribution in [0.25, 0.3) is 0 Å². The van der Waals surface area contributed by atoms with Crippen LogP contribution >= 0.6 is 23.1 Å². The number of methoxy groups -OCH3 is 1. The Labute approximate surface area is 169 Å². The minimum atomic E-state index is -0.477. The molecule has 0 saturated carbocycles. The Bertz CT molecular complexity index is 760. The topological polar surface area (TPSA) is 67.3 Å². The third-order valence-electron chi connectivity index (χ3n) is 4.77. The molecular weight excluding hydrogens is 384 g/mol. The molecule has 2 heterocycles. The van der Waals surface area contributed by atoms with Crippen LogP contribution in [0.1, 0.15) is 31.2 Å². The molecule has 1 aliphatic heterocycles. The fraction of sp³-hybridized carbons (Fsp3) is 0.526. The number of carbonyl (C=O) groups is 1. The first-order chi connectivity index (χ1) is 13.0. The van der Waals surface area contributed by atoms with E-state index in [0.29, 0.717) is 18.9 Å². The number of nitrogens with one attached hydrogen (secondary N) is 1. The van der Waals surface area contributed by atoms with Crippen LogP contribution < -0.4 is 15.0 Å². The molecule has 1 amide bonds. The first-order valence-corrected chi connectivity index (χ1v) is 10.4. The summed E-state index contributed by atoms with van der Waals surface area (Å²) >= 11 is 7.24. The summed E-state index contributed by atoms with van der Waals surface area (Å²) in [6.45, 7) is 4.26. The van der Waals surface area contributed by atoms with E-state index in [0.717, 1.165) is 48.2 Å². The standard InChI is InChI=1S/C19H25ClN4O2S/c1-13(20)18(25)21-12-14-6-8-24(9-7-14)19-22-17(23-27-19)11-15-4-3-5-16(10-15)26-2/h3-5,10,13-14H,6-9,11-12H2,1-2H3,(H,21,25)/t13-/m1/s1. The largest absolute Gasteiger partial charge is 0.497 e. The minimum absolute atomic E-state index is 0.0922. The molecule has 1 N–H and O–H groups in total. The Morgan fingerprint density at radius 3 is 2.93 bits per heavy atom. The molecule has 1 aromatic carbocycles. The fourth-order valence-corrected chi connectivity index (χ4v) is 3.94. The number of alkyl halides is 1. The van der Waals surface area contributed by atoms with E-state index in [9.17, 15) is 4.79 Å². The van der Waals surface area contributed by atoms with E-state index in [1.807, 2.05) is 18.2 Å². The van der Waals surface area contributed by atoms with Crippen molar-refractivity contribution in [3.05, 3.63) is 35.7 Å². The molecule has 0 aliphatic carbocycles. The van der Waals surface area contributed by atoms with Crippen molar-refractivity contribution in [1.29, 1.82) is 0 Å². The Kier molecular flexibility index (Phi) is 6.90.